The Hall–Kier alpha value is -1.55. The van der Waals surface area contributed by atoms with Gasteiger partial charge in [0.1, 0.15) is 5.82 Å². The van der Waals surface area contributed by atoms with E-state index in [4.69, 9.17) is 10.5 Å². The fourth-order valence-electron chi connectivity index (χ4n) is 2.73. The third-order valence-corrected chi connectivity index (χ3v) is 3.58. The van der Waals surface area contributed by atoms with Crippen LogP contribution < -0.4 is 5.73 Å². The zero-order valence-electron chi connectivity index (χ0n) is 10.2. The number of fused-ring (bicyclic) bond motifs is 1. The number of nitrogen functional groups attached to an aromatic ring is 1. The van der Waals surface area contributed by atoms with Crippen LogP contribution in [0.3, 0.4) is 0 Å². The van der Waals surface area contributed by atoms with Crippen molar-refractivity contribution < 1.29 is 4.74 Å². The van der Waals surface area contributed by atoms with E-state index in [2.05, 4.69) is 16.5 Å². The van der Waals surface area contributed by atoms with Crippen molar-refractivity contribution in [2.45, 2.75) is 25.8 Å². The van der Waals surface area contributed by atoms with E-state index in [0.29, 0.717) is 0 Å². The molecule has 0 aliphatic carbocycles. The first-order chi connectivity index (χ1) is 8.10. The van der Waals surface area contributed by atoms with Crippen LogP contribution >= 0.6 is 0 Å². The van der Waals surface area contributed by atoms with Crippen molar-refractivity contribution in [1.29, 1.82) is 0 Å². The Morgan fingerprint density at radius 3 is 3.00 bits per heavy atom. The van der Waals surface area contributed by atoms with Gasteiger partial charge in [0, 0.05) is 12.3 Å². The van der Waals surface area contributed by atoms with Gasteiger partial charge in [0.2, 0.25) is 0 Å². The van der Waals surface area contributed by atoms with Gasteiger partial charge in [-0.2, -0.15) is 0 Å². The van der Waals surface area contributed by atoms with Crippen LogP contribution in [-0.2, 0) is 10.3 Å². The number of aryl methyl sites for hydroxylation is 1. The van der Waals surface area contributed by atoms with Gasteiger partial charge < -0.3 is 15.0 Å². The van der Waals surface area contributed by atoms with Gasteiger partial charge in [0.25, 0.3) is 0 Å². The lowest BCUT2D eigenvalue weighted by Gasteiger charge is -2.26. The number of hydrogen-bond donors (Lipinski definition) is 1. The first-order valence-electron chi connectivity index (χ1n) is 5.93. The lowest BCUT2D eigenvalue weighted by molar-refractivity contribution is 0.162. The molecular weight excluding hydrogens is 214 g/mol. The molecule has 1 aromatic heterocycles. The summed E-state index contributed by atoms with van der Waals surface area (Å²) in [5, 5.41) is 0. The highest BCUT2D eigenvalue weighted by Gasteiger charge is 2.34. The number of nitrogens with two attached hydrogens (primary N) is 1. The van der Waals surface area contributed by atoms with Crippen molar-refractivity contribution in [3.63, 3.8) is 0 Å². The van der Waals surface area contributed by atoms with Gasteiger partial charge in [-0.3, -0.25) is 0 Å². The number of hydrogen-bond acceptors (Lipinski definition) is 3. The van der Waals surface area contributed by atoms with Gasteiger partial charge in [-0.15, -0.1) is 0 Å². The highest BCUT2D eigenvalue weighted by Crippen LogP contribution is 2.32. The molecule has 3 rings (SSSR count). The Bertz CT molecular complexity index is 567. The molecule has 2 aromatic rings. The summed E-state index contributed by atoms with van der Waals surface area (Å²) < 4.78 is 7.82. The van der Waals surface area contributed by atoms with Crippen molar-refractivity contribution in [1.82, 2.24) is 9.55 Å². The van der Waals surface area contributed by atoms with Crippen LogP contribution in [0.1, 0.15) is 19.2 Å². The third-order valence-electron chi connectivity index (χ3n) is 3.58. The molecule has 1 fully saturated rings. The minimum atomic E-state index is 0.0228. The van der Waals surface area contributed by atoms with Gasteiger partial charge in [0.05, 0.1) is 23.2 Å². The molecule has 0 bridgehead atoms. The van der Waals surface area contributed by atoms with Crippen LogP contribution in [0.2, 0.25) is 0 Å². The van der Waals surface area contributed by atoms with Crippen LogP contribution in [0.4, 0.5) is 5.69 Å². The largest absolute Gasteiger partial charge is 0.399 e. The maximum atomic E-state index is 5.80. The summed E-state index contributed by atoms with van der Waals surface area (Å²) in [6.07, 6.45) is 1.03. The number of nitrogens with zero attached hydrogens (tertiary/aromatic N) is 2. The van der Waals surface area contributed by atoms with Gasteiger partial charge in [-0.25, -0.2) is 4.98 Å². The van der Waals surface area contributed by atoms with Crippen molar-refractivity contribution >= 4 is 16.7 Å². The molecule has 17 heavy (non-hydrogen) atoms. The van der Waals surface area contributed by atoms with Crippen molar-refractivity contribution in [3.05, 3.63) is 24.0 Å². The van der Waals surface area contributed by atoms with E-state index in [0.717, 1.165) is 42.2 Å². The Morgan fingerprint density at radius 1 is 1.47 bits per heavy atom. The van der Waals surface area contributed by atoms with Crippen LogP contribution in [0.25, 0.3) is 11.0 Å². The molecule has 4 heteroatoms. The van der Waals surface area contributed by atoms with E-state index in [9.17, 15) is 0 Å². The molecule has 1 aliphatic rings. The van der Waals surface area contributed by atoms with Crippen molar-refractivity contribution in [2.24, 2.45) is 0 Å². The summed E-state index contributed by atoms with van der Waals surface area (Å²) in [5.74, 6) is 1.03. The lowest BCUT2D eigenvalue weighted by atomic mass is 10.0. The summed E-state index contributed by atoms with van der Waals surface area (Å²) in [6, 6.07) is 5.91. The van der Waals surface area contributed by atoms with Gasteiger partial charge in [0.15, 0.2) is 0 Å². The fourth-order valence-corrected chi connectivity index (χ4v) is 2.73. The second-order valence-corrected chi connectivity index (χ2v) is 5.04. The number of rotatable bonds is 1. The molecule has 2 N–H and O–H groups in total. The number of benzene rings is 1. The quantitative estimate of drug-likeness (QED) is 0.764. The molecule has 0 amide bonds. The Morgan fingerprint density at radius 2 is 2.29 bits per heavy atom. The first-order valence-corrected chi connectivity index (χ1v) is 5.93. The average Bonchev–Trinajstić information content (AvgIpc) is 2.81. The lowest BCUT2D eigenvalue weighted by Crippen LogP contribution is -2.31. The molecule has 1 aromatic carbocycles. The van der Waals surface area contributed by atoms with Crippen LogP contribution in [0, 0.1) is 6.92 Å². The van der Waals surface area contributed by atoms with Gasteiger partial charge in [-0.1, -0.05) is 0 Å². The summed E-state index contributed by atoms with van der Waals surface area (Å²) in [6.45, 7) is 5.85. The molecule has 90 valence electrons. The van der Waals surface area contributed by atoms with Crippen LogP contribution in [-0.4, -0.2) is 22.8 Å². The predicted molar refractivity (Wildman–Crippen MR) is 68.0 cm³/mol. The van der Waals surface area contributed by atoms with E-state index >= 15 is 0 Å². The predicted octanol–water partition coefficient (Wildman–Crippen LogP) is 2.06. The van der Waals surface area contributed by atoms with Gasteiger partial charge in [-0.05, 0) is 38.5 Å². The summed E-state index contributed by atoms with van der Waals surface area (Å²) in [5.41, 5.74) is 8.69. The molecule has 0 spiro atoms. The van der Waals surface area contributed by atoms with E-state index in [1.54, 1.807) is 0 Å². The fraction of sp³-hybridized carbons (Fsp3) is 0.462. The molecule has 1 saturated heterocycles. The molecule has 1 atom stereocenters. The molecule has 0 radical (unpaired) electrons. The van der Waals surface area contributed by atoms with Crippen LogP contribution in [0.15, 0.2) is 18.2 Å². The highest BCUT2D eigenvalue weighted by molar-refractivity contribution is 5.80. The smallest absolute Gasteiger partial charge is 0.107 e. The monoisotopic (exact) mass is 231 g/mol. The summed E-state index contributed by atoms with van der Waals surface area (Å²) >= 11 is 0. The molecule has 4 nitrogen and oxygen atoms in total. The SMILES string of the molecule is Cc1nc2cc(N)ccc2n1C1(C)CCOC1. The maximum absolute atomic E-state index is 5.80. The Kier molecular flexibility index (Phi) is 2.16. The summed E-state index contributed by atoms with van der Waals surface area (Å²) in [7, 11) is 0. The van der Waals surface area contributed by atoms with Crippen molar-refractivity contribution in [3.8, 4) is 0 Å². The molecule has 0 saturated carbocycles. The Balaban J connectivity index is 2.25. The van der Waals surface area contributed by atoms with E-state index < -0.39 is 0 Å². The molecule has 1 aliphatic heterocycles. The molecular formula is C13H17N3O. The topological polar surface area (TPSA) is 53.1 Å². The highest BCUT2D eigenvalue weighted by atomic mass is 16.5. The molecule has 1 unspecified atom stereocenters. The minimum absolute atomic E-state index is 0.0228. The van der Waals surface area contributed by atoms with Gasteiger partial charge >= 0.3 is 0 Å². The third kappa shape index (κ3) is 1.52. The standard InChI is InChI=1S/C13H17N3O/c1-9-15-11-7-10(14)3-4-12(11)16(9)13(2)5-6-17-8-13/h3-4,7H,5-6,8,14H2,1-2H3. The minimum Gasteiger partial charge on any atom is -0.399 e. The van der Waals surface area contributed by atoms with E-state index in [1.165, 1.54) is 0 Å². The van der Waals surface area contributed by atoms with Crippen molar-refractivity contribution in [2.75, 3.05) is 18.9 Å². The molecule has 2 heterocycles. The zero-order valence-corrected chi connectivity index (χ0v) is 10.2. The maximum Gasteiger partial charge on any atom is 0.107 e. The number of aromatic nitrogens is 2. The Labute approximate surface area is 100 Å². The van der Waals surface area contributed by atoms with E-state index in [-0.39, 0.29) is 5.54 Å². The number of anilines is 1. The van der Waals surface area contributed by atoms with E-state index in [1.807, 2.05) is 25.1 Å². The second-order valence-electron chi connectivity index (χ2n) is 5.04. The first kappa shape index (κ1) is 10.6. The second kappa shape index (κ2) is 3.47. The number of imidazole rings is 1. The average molecular weight is 231 g/mol. The van der Waals surface area contributed by atoms with Crippen LogP contribution in [0.5, 0.6) is 0 Å². The normalized spacial score (nSPS) is 24.6. The summed E-state index contributed by atoms with van der Waals surface area (Å²) in [4.78, 5) is 4.59. The zero-order chi connectivity index (χ0) is 12.0. The number of ether oxygens (including phenoxy) is 1.